The predicted molar refractivity (Wildman–Crippen MR) is 110 cm³/mol. The number of nitrogens with zero attached hydrogens (tertiary/aromatic N) is 1. The van der Waals surface area contributed by atoms with Gasteiger partial charge in [0.15, 0.2) is 17.4 Å². The van der Waals surface area contributed by atoms with Crippen LogP contribution in [-0.4, -0.2) is 32.7 Å². The molecule has 0 radical (unpaired) electrons. The second kappa shape index (κ2) is 9.05. The van der Waals surface area contributed by atoms with Crippen LogP contribution < -0.4 is 14.2 Å². The van der Waals surface area contributed by atoms with Crippen molar-refractivity contribution in [1.82, 2.24) is 9.71 Å². The molecule has 3 rings (SSSR count). The van der Waals surface area contributed by atoms with Gasteiger partial charge in [-0.3, -0.25) is 4.79 Å². The van der Waals surface area contributed by atoms with Gasteiger partial charge >= 0.3 is 0 Å². The van der Waals surface area contributed by atoms with Crippen LogP contribution in [0.1, 0.15) is 10.4 Å². The van der Waals surface area contributed by atoms with Crippen molar-refractivity contribution in [2.45, 2.75) is 0 Å². The van der Waals surface area contributed by atoms with Gasteiger partial charge in [0, 0.05) is 22.9 Å². The number of pyridine rings is 1. The number of rotatable bonds is 6. The number of carbonyl (C=O) groups excluding carboxylic acids is 1. The van der Waals surface area contributed by atoms with E-state index in [-0.39, 0.29) is 22.2 Å². The lowest BCUT2D eigenvalue weighted by Crippen LogP contribution is -2.29. The first kappa shape index (κ1) is 23.4. The van der Waals surface area contributed by atoms with Crippen molar-refractivity contribution >= 4 is 27.5 Å². The summed E-state index contributed by atoms with van der Waals surface area (Å²) >= 11 is 6.15. The predicted octanol–water partition coefficient (Wildman–Crippen LogP) is 4.31. The Morgan fingerprint density at radius 3 is 2.41 bits per heavy atom. The van der Waals surface area contributed by atoms with Crippen molar-refractivity contribution in [3.63, 3.8) is 0 Å². The molecule has 2 aromatic carbocycles. The van der Waals surface area contributed by atoms with Gasteiger partial charge in [-0.25, -0.2) is 26.9 Å². The van der Waals surface area contributed by atoms with Crippen molar-refractivity contribution in [3.8, 4) is 28.5 Å². The van der Waals surface area contributed by atoms with Crippen molar-refractivity contribution in [2.24, 2.45) is 0 Å². The van der Waals surface area contributed by atoms with Crippen LogP contribution in [0.15, 0.2) is 42.6 Å². The van der Waals surface area contributed by atoms with E-state index < -0.39 is 39.1 Å². The molecule has 0 spiro atoms. The number of hydrogen-bond donors (Lipinski definition) is 1. The highest BCUT2D eigenvalue weighted by atomic mass is 35.5. The first-order valence-corrected chi connectivity index (χ1v) is 10.9. The summed E-state index contributed by atoms with van der Waals surface area (Å²) in [5.41, 5.74) is 0.896. The Bertz CT molecular complexity index is 1320. The fourth-order valence-corrected chi connectivity index (χ4v) is 3.30. The maximum atomic E-state index is 13.8. The maximum Gasteiger partial charge on any atom is 0.264 e. The Labute approximate surface area is 185 Å². The molecule has 0 atom stereocenters. The topological polar surface area (TPSA) is 94.6 Å². The summed E-state index contributed by atoms with van der Waals surface area (Å²) < 4.78 is 75.1. The summed E-state index contributed by atoms with van der Waals surface area (Å²) in [6.07, 6.45) is 2.15. The molecule has 1 amide bonds. The number of amides is 1. The van der Waals surface area contributed by atoms with Gasteiger partial charge in [-0.05, 0) is 36.4 Å². The Balaban J connectivity index is 1.92. The van der Waals surface area contributed by atoms with Crippen LogP contribution in [0, 0.1) is 17.5 Å². The largest absolute Gasteiger partial charge is 0.496 e. The summed E-state index contributed by atoms with van der Waals surface area (Å²) in [6, 6.07) is 7.16. The van der Waals surface area contributed by atoms with Gasteiger partial charge in [0.25, 0.3) is 5.91 Å². The highest BCUT2D eigenvalue weighted by Gasteiger charge is 2.19. The quantitative estimate of drug-likeness (QED) is 0.522. The normalized spacial score (nSPS) is 11.2. The van der Waals surface area contributed by atoms with Crippen LogP contribution in [0.3, 0.4) is 0 Å². The molecule has 1 heterocycles. The number of sulfonamides is 1. The molecule has 0 aliphatic rings. The van der Waals surface area contributed by atoms with Crippen LogP contribution in [0.4, 0.5) is 13.2 Å². The smallest absolute Gasteiger partial charge is 0.264 e. The molecule has 0 unspecified atom stereocenters. The third kappa shape index (κ3) is 5.11. The summed E-state index contributed by atoms with van der Waals surface area (Å²) in [4.78, 5) is 16.0. The molecule has 0 fully saturated rings. The minimum Gasteiger partial charge on any atom is -0.496 e. The van der Waals surface area contributed by atoms with Crippen molar-refractivity contribution < 1.29 is 35.9 Å². The standard InChI is InChI=1S/C20H14ClF3N2O5S/c1-30-16-8-10(19(27)26-32(2,28)29)3-4-12(16)11-7-13(21)20(25-9-11)31-15-6-5-14(22)17(23)18(15)24/h3-9H,1-2H3,(H,26,27). The first-order chi connectivity index (χ1) is 15.0. The lowest BCUT2D eigenvalue weighted by Gasteiger charge is -2.13. The average molecular weight is 487 g/mol. The van der Waals surface area contributed by atoms with Gasteiger partial charge in [-0.1, -0.05) is 11.6 Å². The van der Waals surface area contributed by atoms with E-state index in [1.165, 1.54) is 37.6 Å². The molecule has 7 nitrogen and oxygen atoms in total. The van der Waals surface area contributed by atoms with E-state index in [1.807, 2.05) is 4.72 Å². The summed E-state index contributed by atoms with van der Waals surface area (Å²) in [5, 5.41) is -0.0763. The monoisotopic (exact) mass is 486 g/mol. The number of hydrogen-bond acceptors (Lipinski definition) is 6. The minimum absolute atomic E-state index is 0.0313. The SMILES string of the molecule is COc1cc(C(=O)NS(C)(=O)=O)ccc1-c1cnc(Oc2ccc(F)c(F)c2F)c(Cl)c1. The van der Waals surface area contributed by atoms with E-state index in [9.17, 15) is 26.4 Å². The molecule has 0 bridgehead atoms. The first-order valence-electron chi connectivity index (χ1n) is 8.67. The molecule has 12 heteroatoms. The second-order valence-corrected chi connectivity index (χ2v) is 8.56. The van der Waals surface area contributed by atoms with E-state index in [1.54, 1.807) is 0 Å². The van der Waals surface area contributed by atoms with Crippen LogP contribution in [0.2, 0.25) is 5.02 Å². The minimum atomic E-state index is -3.75. The van der Waals surface area contributed by atoms with E-state index in [4.69, 9.17) is 21.1 Å². The average Bonchev–Trinajstić information content (AvgIpc) is 2.73. The summed E-state index contributed by atoms with van der Waals surface area (Å²) in [6.45, 7) is 0. The van der Waals surface area contributed by atoms with E-state index >= 15 is 0 Å². The lowest BCUT2D eigenvalue weighted by molar-refractivity contribution is 0.0981. The van der Waals surface area contributed by atoms with Crippen molar-refractivity contribution in [3.05, 3.63) is 70.6 Å². The molecule has 0 saturated carbocycles. The fraction of sp³-hybridized carbons (Fsp3) is 0.100. The number of ether oxygens (including phenoxy) is 2. The molecule has 0 saturated heterocycles. The highest BCUT2D eigenvalue weighted by Crippen LogP contribution is 2.36. The summed E-state index contributed by atoms with van der Waals surface area (Å²) in [7, 11) is -2.41. The van der Waals surface area contributed by atoms with Gasteiger partial charge in [-0.2, -0.15) is 4.39 Å². The van der Waals surface area contributed by atoms with Crippen LogP contribution >= 0.6 is 11.6 Å². The Hall–Kier alpha value is -3.31. The molecule has 1 N–H and O–H groups in total. The molecule has 0 aliphatic carbocycles. The highest BCUT2D eigenvalue weighted by molar-refractivity contribution is 7.89. The number of benzene rings is 2. The molecule has 3 aromatic rings. The molecule has 32 heavy (non-hydrogen) atoms. The fourth-order valence-electron chi connectivity index (χ4n) is 2.64. The summed E-state index contributed by atoms with van der Waals surface area (Å²) in [5.74, 6) is -6.09. The van der Waals surface area contributed by atoms with Gasteiger partial charge < -0.3 is 9.47 Å². The van der Waals surface area contributed by atoms with Crippen LogP contribution in [0.5, 0.6) is 17.4 Å². The van der Waals surface area contributed by atoms with E-state index in [0.717, 1.165) is 12.3 Å². The Morgan fingerprint density at radius 2 is 1.78 bits per heavy atom. The second-order valence-electron chi connectivity index (χ2n) is 6.40. The van der Waals surface area contributed by atoms with Gasteiger partial charge in [0.05, 0.1) is 13.4 Å². The number of methoxy groups -OCH3 is 1. The van der Waals surface area contributed by atoms with E-state index in [2.05, 4.69) is 4.98 Å². The van der Waals surface area contributed by atoms with Crippen LogP contribution in [-0.2, 0) is 10.0 Å². The molecule has 0 aliphatic heterocycles. The Morgan fingerprint density at radius 1 is 1.06 bits per heavy atom. The van der Waals surface area contributed by atoms with Crippen LogP contribution in [0.25, 0.3) is 11.1 Å². The third-order valence-corrected chi connectivity index (χ3v) is 4.89. The van der Waals surface area contributed by atoms with Gasteiger partial charge in [-0.15, -0.1) is 0 Å². The zero-order valence-electron chi connectivity index (χ0n) is 16.5. The molecular weight excluding hydrogens is 473 g/mol. The third-order valence-electron chi connectivity index (χ3n) is 4.07. The van der Waals surface area contributed by atoms with Gasteiger partial charge in [0.1, 0.15) is 10.8 Å². The number of nitrogens with one attached hydrogen (secondary N) is 1. The van der Waals surface area contributed by atoms with E-state index in [0.29, 0.717) is 17.2 Å². The molecule has 1 aromatic heterocycles. The van der Waals surface area contributed by atoms with Crippen molar-refractivity contribution in [2.75, 3.05) is 13.4 Å². The maximum absolute atomic E-state index is 13.8. The molecule has 168 valence electrons. The van der Waals surface area contributed by atoms with Gasteiger partial charge in [0.2, 0.25) is 21.7 Å². The zero-order valence-corrected chi connectivity index (χ0v) is 18.0. The van der Waals surface area contributed by atoms with Crippen molar-refractivity contribution in [1.29, 1.82) is 0 Å². The number of carbonyl (C=O) groups is 1. The zero-order chi connectivity index (χ0) is 23.6. The molecular formula is C20H14ClF3N2O5S. The lowest BCUT2D eigenvalue weighted by atomic mass is 10.0. The Kier molecular flexibility index (Phi) is 6.60. The number of halogens is 4. The number of aromatic nitrogens is 1.